The van der Waals surface area contributed by atoms with Crippen LogP contribution >= 0.6 is 0 Å². The molecule has 1 aliphatic carbocycles. The van der Waals surface area contributed by atoms with Crippen LogP contribution in [0, 0.1) is 5.92 Å². The number of carbonyl (C=O) groups is 3. The molecule has 1 aromatic carbocycles. The molecule has 8 heteroatoms. The van der Waals surface area contributed by atoms with Crippen LogP contribution in [0.3, 0.4) is 0 Å². The highest BCUT2D eigenvalue weighted by atomic mass is 16.6. The third-order valence-corrected chi connectivity index (χ3v) is 10.0. The number of rotatable bonds is 2. The Morgan fingerprint density at radius 3 is 2.42 bits per heavy atom. The van der Waals surface area contributed by atoms with Crippen molar-refractivity contribution in [3.05, 3.63) is 34.9 Å². The highest BCUT2D eigenvalue weighted by molar-refractivity contribution is 5.90. The van der Waals surface area contributed by atoms with Crippen molar-refractivity contribution in [3.63, 3.8) is 0 Å². The predicted molar refractivity (Wildman–Crippen MR) is 155 cm³/mol. The number of fused-ring (bicyclic) bond motifs is 3. The quantitative estimate of drug-likeness (QED) is 0.579. The molecule has 0 spiro atoms. The van der Waals surface area contributed by atoms with Crippen LogP contribution in [-0.2, 0) is 33.8 Å². The van der Waals surface area contributed by atoms with Crippen LogP contribution in [0.25, 0.3) is 0 Å². The summed E-state index contributed by atoms with van der Waals surface area (Å²) in [5, 5.41) is 2.75. The number of nitrogens with zero attached hydrogens (tertiary/aromatic N) is 3. The zero-order valence-corrected chi connectivity index (χ0v) is 24.7. The number of benzene rings is 1. The molecular weight excluding hydrogens is 504 g/mol. The minimum atomic E-state index is -0.627. The fourth-order valence-corrected chi connectivity index (χ4v) is 7.53. The molecule has 3 amide bonds. The van der Waals surface area contributed by atoms with Crippen molar-refractivity contribution in [2.24, 2.45) is 5.92 Å². The number of likely N-dealkylation sites (N-methyl/N-ethyl adjacent to an activating group) is 2. The van der Waals surface area contributed by atoms with E-state index in [0.717, 1.165) is 51.4 Å². The summed E-state index contributed by atoms with van der Waals surface area (Å²) >= 11 is 0. The van der Waals surface area contributed by atoms with Crippen LogP contribution in [0.5, 0.6) is 0 Å². The van der Waals surface area contributed by atoms with Gasteiger partial charge < -0.3 is 15.0 Å². The first-order valence-corrected chi connectivity index (χ1v) is 15.7. The number of nitrogens with one attached hydrogen (secondary N) is 1. The minimum absolute atomic E-state index is 0.0181. The van der Waals surface area contributed by atoms with Crippen LogP contribution in [0.2, 0.25) is 0 Å². The van der Waals surface area contributed by atoms with Gasteiger partial charge in [-0.1, -0.05) is 56.7 Å². The van der Waals surface area contributed by atoms with Crippen molar-refractivity contribution in [1.82, 2.24) is 20.0 Å². The molecule has 220 valence electrons. The molecule has 0 radical (unpaired) electrons. The summed E-state index contributed by atoms with van der Waals surface area (Å²) in [5.41, 5.74) is 3.79. The largest absolute Gasteiger partial charge is 0.444 e. The summed E-state index contributed by atoms with van der Waals surface area (Å²) in [6.07, 6.45) is 11.8. The van der Waals surface area contributed by atoms with Crippen molar-refractivity contribution >= 4 is 17.9 Å². The van der Waals surface area contributed by atoms with Crippen molar-refractivity contribution in [1.29, 1.82) is 0 Å². The van der Waals surface area contributed by atoms with Crippen LogP contribution < -0.4 is 5.32 Å². The van der Waals surface area contributed by atoms with E-state index in [9.17, 15) is 14.4 Å². The third kappa shape index (κ3) is 6.17. The number of aryl methyl sites for hydroxylation is 1. The van der Waals surface area contributed by atoms with E-state index in [2.05, 4.69) is 42.4 Å². The molecule has 5 rings (SSSR count). The monoisotopic (exact) mass is 552 g/mol. The second kappa shape index (κ2) is 12.9. The summed E-state index contributed by atoms with van der Waals surface area (Å²) in [5.74, 6) is 0.112. The average molecular weight is 553 g/mol. The Balaban J connectivity index is 1.42. The molecule has 0 aromatic heterocycles. The highest BCUT2D eigenvalue weighted by Gasteiger charge is 2.46. The normalized spacial score (nSPS) is 29.5. The van der Waals surface area contributed by atoms with E-state index < -0.39 is 12.1 Å². The predicted octanol–water partition coefficient (Wildman–Crippen LogP) is 4.63. The van der Waals surface area contributed by atoms with Crippen molar-refractivity contribution in [2.75, 3.05) is 20.6 Å². The lowest BCUT2D eigenvalue weighted by Crippen LogP contribution is -2.56. The maximum absolute atomic E-state index is 14.4. The molecule has 3 heterocycles. The second-order valence-electron chi connectivity index (χ2n) is 12.6. The Morgan fingerprint density at radius 1 is 0.950 bits per heavy atom. The Hall–Kier alpha value is -2.61. The number of hydrogen-bond donors (Lipinski definition) is 1. The topological polar surface area (TPSA) is 82.2 Å². The summed E-state index contributed by atoms with van der Waals surface area (Å²) in [7, 11) is 3.71. The van der Waals surface area contributed by atoms with Gasteiger partial charge in [-0.25, -0.2) is 4.79 Å². The number of amides is 3. The smallest absolute Gasteiger partial charge is 0.410 e. The SMILES string of the molecule is CNC(=O)[C@@H]1C[C@@H]2CN1C(=O)[C@H](C1CCCCC1)N(C)C(C)CCCCCCc1cccc3c1CN(C3)C(=O)O2. The fraction of sp³-hybridized carbons (Fsp3) is 0.719. The summed E-state index contributed by atoms with van der Waals surface area (Å²) < 4.78 is 6.02. The van der Waals surface area contributed by atoms with E-state index >= 15 is 0 Å². The molecule has 1 saturated heterocycles. The van der Waals surface area contributed by atoms with E-state index in [1.807, 2.05) is 0 Å². The van der Waals surface area contributed by atoms with Crippen LogP contribution in [0.1, 0.15) is 94.2 Å². The first-order chi connectivity index (χ1) is 19.4. The zero-order valence-electron chi connectivity index (χ0n) is 24.7. The van der Waals surface area contributed by atoms with E-state index in [1.54, 1.807) is 16.8 Å². The Bertz CT molecular complexity index is 1070. The zero-order chi connectivity index (χ0) is 28.2. The minimum Gasteiger partial charge on any atom is -0.444 e. The average Bonchev–Trinajstić information content (AvgIpc) is 3.59. The number of hydrogen-bond acceptors (Lipinski definition) is 5. The van der Waals surface area contributed by atoms with E-state index in [0.29, 0.717) is 19.5 Å². The molecular formula is C32H48N4O4. The van der Waals surface area contributed by atoms with Gasteiger partial charge in [-0.05, 0) is 68.7 Å². The summed E-state index contributed by atoms with van der Waals surface area (Å²) in [6.45, 7) is 3.61. The van der Waals surface area contributed by atoms with Crippen LogP contribution in [0.15, 0.2) is 18.2 Å². The molecule has 1 aromatic rings. The Kier molecular flexibility index (Phi) is 9.34. The third-order valence-electron chi connectivity index (χ3n) is 10.0. The van der Waals surface area contributed by atoms with E-state index in [1.165, 1.54) is 36.0 Å². The molecule has 1 N–H and O–H groups in total. The maximum atomic E-state index is 14.4. The molecule has 1 saturated carbocycles. The standard InChI is InChI=1S/C32H48N4O4/c1-22-12-7-4-5-8-13-23-16-11-17-25-19-35(21-27(23)25)32(39)40-26-18-28(30(37)33-2)36(20-26)31(38)29(34(22)3)24-14-9-6-10-15-24/h11,16-17,22,24,26,28-29H,4-10,12-15,18-21H2,1-3H3,(H,33,37)/t22?,26-,28+,29+/m1/s1. The van der Waals surface area contributed by atoms with Gasteiger partial charge in [-0.3, -0.25) is 19.4 Å². The van der Waals surface area contributed by atoms with Gasteiger partial charge in [0.1, 0.15) is 12.1 Å². The van der Waals surface area contributed by atoms with Crippen molar-refractivity contribution < 1.29 is 19.1 Å². The van der Waals surface area contributed by atoms with E-state index in [4.69, 9.17) is 4.74 Å². The molecule has 4 atom stereocenters. The molecule has 1 unspecified atom stereocenters. The molecule has 8 nitrogen and oxygen atoms in total. The lowest BCUT2D eigenvalue weighted by molar-refractivity contribution is -0.145. The van der Waals surface area contributed by atoms with Gasteiger partial charge in [0, 0.05) is 32.6 Å². The van der Waals surface area contributed by atoms with Crippen LogP contribution in [0.4, 0.5) is 4.79 Å². The van der Waals surface area contributed by atoms with Crippen molar-refractivity contribution in [3.8, 4) is 0 Å². The molecule has 4 aliphatic rings. The summed E-state index contributed by atoms with van der Waals surface area (Å²) in [4.78, 5) is 46.5. The van der Waals surface area contributed by atoms with Crippen molar-refractivity contribution in [2.45, 2.75) is 121 Å². The number of carbonyl (C=O) groups excluding carboxylic acids is 3. The van der Waals surface area contributed by atoms with E-state index in [-0.39, 0.29) is 42.5 Å². The van der Waals surface area contributed by atoms with Gasteiger partial charge in [-0.15, -0.1) is 0 Å². The lowest BCUT2D eigenvalue weighted by atomic mass is 9.82. The first kappa shape index (κ1) is 28.9. The Morgan fingerprint density at radius 2 is 1.65 bits per heavy atom. The van der Waals surface area contributed by atoms with Gasteiger partial charge in [0.25, 0.3) is 0 Å². The Labute approximate surface area is 239 Å². The number of ether oxygens (including phenoxy) is 1. The van der Waals surface area contributed by atoms with Gasteiger partial charge in [-0.2, -0.15) is 0 Å². The fourth-order valence-electron chi connectivity index (χ4n) is 7.53. The highest BCUT2D eigenvalue weighted by Crippen LogP contribution is 2.34. The first-order valence-electron chi connectivity index (χ1n) is 15.7. The van der Waals surface area contributed by atoms with Crippen LogP contribution in [-0.4, -0.2) is 77.5 Å². The molecule has 40 heavy (non-hydrogen) atoms. The molecule has 4 bridgehead atoms. The van der Waals surface area contributed by atoms with Gasteiger partial charge >= 0.3 is 6.09 Å². The van der Waals surface area contributed by atoms with Gasteiger partial charge in [0.2, 0.25) is 11.8 Å². The molecule has 2 fully saturated rings. The second-order valence-corrected chi connectivity index (χ2v) is 12.6. The van der Waals surface area contributed by atoms with Gasteiger partial charge in [0.05, 0.1) is 12.6 Å². The lowest BCUT2D eigenvalue weighted by Gasteiger charge is -2.41. The summed E-state index contributed by atoms with van der Waals surface area (Å²) in [6, 6.07) is 5.80. The molecule has 3 aliphatic heterocycles. The maximum Gasteiger partial charge on any atom is 0.410 e. The van der Waals surface area contributed by atoms with Gasteiger partial charge in [0.15, 0.2) is 0 Å².